The van der Waals surface area contributed by atoms with E-state index < -0.39 is 0 Å². The summed E-state index contributed by atoms with van der Waals surface area (Å²) in [5.41, 5.74) is 8.47. The Labute approximate surface area is 220 Å². The second-order valence-electron chi connectivity index (χ2n) is 8.43. The maximum Gasteiger partial charge on any atom is 0.231 e. The number of nitrogen functional groups attached to an aromatic ring is 1. The van der Waals surface area contributed by atoms with Crippen LogP contribution in [0.2, 0.25) is 10.0 Å². The van der Waals surface area contributed by atoms with Crippen molar-refractivity contribution in [2.24, 2.45) is 0 Å². The minimum atomic E-state index is 0.0181. The number of aromatic nitrogens is 2. The number of pyridine rings is 2. The van der Waals surface area contributed by atoms with E-state index in [1.54, 1.807) is 24.3 Å². The van der Waals surface area contributed by atoms with Crippen molar-refractivity contribution in [1.29, 1.82) is 10.7 Å². The fourth-order valence-corrected chi connectivity index (χ4v) is 4.47. The number of nitrogens with one attached hydrogen (secondary N) is 1. The van der Waals surface area contributed by atoms with Gasteiger partial charge in [-0.3, -0.25) is 10.4 Å². The van der Waals surface area contributed by atoms with Crippen molar-refractivity contribution in [2.45, 2.75) is 32.5 Å². The molecule has 8 nitrogen and oxygen atoms in total. The first kappa shape index (κ1) is 25.7. The zero-order valence-corrected chi connectivity index (χ0v) is 21.3. The number of hydrogen-bond donors (Lipinski definition) is 2. The van der Waals surface area contributed by atoms with Crippen LogP contribution in [0.4, 0.5) is 5.69 Å². The van der Waals surface area contributed by atoms with Crippen LogP contribution in [0, 0.1) is 16.7 Å². The molecule has 10 heteroatoms. The molecule has 3 N–H and O–H groups in total. The normalized spacial score (nSPS) is 14.3. The zero-order chi connectivity index (χ0) is 25.7. The number of hydrogen-bond acceptors (Lipinski definition) is 8. The van der Waals surface area contributed by atoms with Crippen molar-refractivity contribution >= 4 is 34.6 Å². The maximum absolute atomic E-state index is 9.71. The third kappa shape index (κ3) is 5.88. The molecule has 3 aromatic rings. The minimum absolute atomic E-state index is 0.0181. The second-order valence-corrected chi connectivity index (χ2v) is 9.25. The molecule has 0 bridgehead atoms. The van der Waals surface area contributed by atoms with E-state index in [1.165, 1.54) is 18.6 Å². The zero-order valence-electron chi connectivity index (χ0n) is 19.8. The van der Waals surface area contributed by atoms with E-state index in [2.05, 4.69) is 27.9 Å². The average molecular weight is 525 g/mol. The first-order valence-corrected chi connectivity index (χ1v) is 12.3. The van der Waals surface area contributed by atoms with Gasteiger partial charge in [0.2, 0.25) is 5.88 Å². The molecule has 0 amide bonds. The Balaban J connectivity index is 1.50. The van der Waals surface area contributed by atoms with Crippen LogP contribution in [-0.4, -0.2) is 46.3 Å². The molecule has 1 saturated heterocycles. The highest BCUT2D eigenvalue weighted by Gasteiger charge is 2.22. The van der Waals surface area contributed by atoms with Gasteiger partial charge in [0, 0.05) is 54.1 Å². The van der Waals surface area contributed by atoms with Crippen LogP contribution >= 0.6 is 23.2 Å². The van der Waals surface area contributed by atoms with Gasteiger partial charge in [0.05, 0.1) is 15.8 Å². The first-order valence-electron chi connectivity index (χ1n) is 11.6. The monoisotopic (exact) mass is 524 g/mol. The molecule has 186 valence electrons. The highest BCUT2D eigenvalue weighted by Crippen LogP contribution is 2.28. The molecule has 0 spiro atoms. The van der Waals surface area contributed by atoms with Crippen LogP contribution < -0.4 is 15.2 Å². The summed E-state index contributed by atoms with van der Waals surface area (Å²) < 4.78 is 11.9. The molecule has 1 aliphatic heterocycles. The molecule has 0 radical (unpaired) electrons. The number of ether oxygens (including phenoxy) is 2. The third-order valence-electron chi connectivity index (χ3n) is 6.15. The van der Waals surface area contributed by atoms with Gasteiger partial charge in [0.1, 0.15) is 30.1 Å². The Morgan fingerprint density at radius 2 is 1.92 bits per heavy atom. The van der Waals surface area contributed by atoms with Gasteiger partial charge >= 0.3 is 0 Å². The molecule has 36 heavy (non-hydrogen) atoms. The molecule has 1 aliphatic rings. The number of piperidine rings is 1. The van der Waals surface area contributed by atoms with E-state index in [9.17, 15) is 5.26 Å². The molecule has 0 atom stereocenters. The van der Waals surface area contributed by atoms with Gasteiger partial charge in [-0.1, -0.05) is 30.1 Å². The van der Waals surface area contributed by atoms with E-state index in [0.717, 1.165) is 32.5 Å². The topological polar surface area (TPSA) is 121 Å². The molecule has 1 aromatic carbocycles. The summed E-state index contributed by atoms with van der Waals surface area (Å²) in [6.07, 6.45) is 6.32. The lowest BCUT2D eigenvalue weighted by Crippen LogP contribution is -2.38. The van der Waals surface area contributed by atoms with Gasteiger partial charge in [-0.2, -0.15) is 5.26 Å². The number of halogens is 2. The van der Waals surface area contributed by atoms with E-state index >= 15 is 0 Å². The van der Waals surface area contributed by atoms with Crippen LogP contribution in [0.1, 0.15) is 42.0 Å². The van der Waals surface area contributed by atoms with Crippen molar-refractivity contribution < 1.29 is 9.47 Å². The Bertz CT molecular complexity index is 1280. The summed E-state index contributed by atoms with van der Waals surface area (Å²) >= 11 is 12.3. The molecule has 0 unspecified atom stereocenters. The number of anilines is 1. The SMILES string of the molecule is CCN1CCC(Oc2ncc(C(=N)c3cc(OCc4c(Cl)cncc4Cl)ccc3N)cc2C#N)CC1. The first-order chi connectivity index (χ1) is 17.4. The minimum Gasteiger partial charge on any atom is -0.489 e. The second kappa shape index (κ2) is 11.6. The van der Waals surface area contributed by atoms with Gasteiger partial charge in [0.15, 0.2) is 0 Å². The van der Waals surface area contributed by atoms with E-state index in [4.69, 9.17) is 43.8 Å². The summed E-state index contributed by atoms with van der Waals surface area (Å²) in [5.74, 6) is 0.778. The Morgan fingerprint density at radius 1 is 1.19 bits per heavy atom. The van der Waals surface area contributed by atoms with Gasteiger partial charge in [-0.05, 0) is 43.7 Å². The average Bonchev–Trinajstić information content (AvgIpc) is 2.89. The molecular weight excluding hydrogens is 499 g/mol. The van der Waals surface area contributed by atoms with Crippen molar-refractivity contribution in [3.8, 4) is 17.7 Å². The summed E-state index contributed by atoms with van der Waals surface area (Å²) in [5, 5.41) is 19.2. The lowest BCUT2D eigenvalue weighted by Gasteiger charge is -2.31. The summed E-state index contributed by atoms with van der Waals surface area (Å²) in [6.45, 7) is 5.21. The lowest BCUT2D eigenvalue weighted by molar-refractivity contribution is 0.0995. The van der Waals surface area contributed by atoms with Crippen molar-refractivity contribution in [2.75, 3.05) is 25.4 Å². The summed E-state index contributed by atoms with van der Waals surface area (Å²) in [4.78, 5) is 10.7. The molecule has 2 aromatic heterocycles. The summed E-state index contributed by atoms with van der Waals surface area (Å²) in [6, 6.07) is 8.78. The predicted octanol–water partition coefficient (Wildman–Crippen LogP) is 5.10. The number of nitrogens with two attached hydrogens (primary N) is 1. The predicted molar refractivity (Wildman–Crippen MR) is 140 cm³/mol. The van der Waals surface area contributed by atoms with Gasteiger partial charge in [-0.15, -0.1) is 0 Å². The molecule has 4 rings (SSSR count). The highest BCUT2D eigenvalue weighted by atomic mass is 35.5. The standard InChI is InChI=1S/C26H26Cl2N6O2/c1-2-34-7-5-18(6-8-34)36-26-16(11-29)9-17(12-33-26)25(31)20-10-19(3-4-24(20)30)35-15-21-22(27)13-32-14-23(21)28/h3-4,9-10,12-14,18,31H,2,5-8,15,30H2,1H3. The molecule has 3 heterocycles. The van der Waals surface area contributed by atoms with Crippen LogP contribution in [0.5, 0.6) is 11.6 Å². The number of benzene rings is 1. The maximum atomic E-state index is 9.71. The van der Waals surface area contributed by atoms with Crippen LogP contribution in [0.3, 0.4) is 0 Å². The smallest absolute Gasteiger partial charge is 0.231 e. The van der Waals surface area contributed by atoms with Crippen molar-refractivity contribution in [3.63, 3.8) is 0 Å². The third-order valence-corrected chi connectivity index (χ3v) is 6.80. The van der Waals surface area contributed by atoms with E-state index in [1.807, 2.05) is 0 Å². The largest absolute Gasteiger partial charge is 0.489 e. The number of nitrogens with zero attached hydrogens (tertiary/aromatic N) is 4. The summed E-state index contributed by atoms with van der Waals surface area (Å²) in [7, 11) is 0. The van der Waals surface area contributed by atoms with E-state index in [-0.39, 0.29) is 24.0 Å². The van der Waals surface area contributed by atoms with Crippen LogP contribution in [0.15, 0.2) is 42.9 Å². The van der Waals surface area contributed by atoms with Crippen LogP contribution in [-0.2, 0) is 6.61 Å². The number of likely N-dealkylation sites (tertiary alicyclic amines) is 1. The number of rotatable bonds is 8. The van der Waals surface area contributed by atoms with E-state index in [0.29, 0.717) is 44.1 Å². The van der Waals surface area contributed by atoms with Crippen molar-refractivity contribution in [3.05, 3.63) is 75.2 Å². The van der Waals surface area contributed by atoms with Crippen molar-refractivity contribution in [1.82, 2.24) is 14.9 Å². The Hall–Kier alpha value is -3.38. The highest BCUT2D eigenvalue weighted by molar-refractivity contribution is 6.35. The van der Waals surface area contributed by atoms with Crippen LogP contribution in [0.25, 0.3) is 0 Å². The molecular formula is C26H26Cl2N6O2. The molecule has 1 fully saturated rings. The fraction of sp³-hybridized carbons (Fsp3) is 0.308. The van der Waals surface area contributed by atoms with Gasteiger partial charge < -0.3 is 20.1 Å². The number of nitriles is 1. The van der Waals surface area contributed by atoms with Gasteiger partial charge in [-0.25, -0.2) is 4.98 Å². The molecule has 0 aliphatic carbocycles. The quantitative estimate of drug-likeness (QED) is 0.310. The molecule has 0 saturated carbocycles. The Morgan fingerprint density at radius 3 is 2.58 bits per heavy atom. The Kier molecular flexibility index (Phi) is 8.26. The fourth-order valence-electron chi connectivity index (χ4n) is 3.99. The lowest BCUT2D eigenvalue weighted by atomic mass is 10.0. The van der Waals surface area contributed by atoms with Gasteiger partial charge in [0.25, 0.3) is 0 Å².